The van der Waals surface area contributed by atoms with Gasteiger partial charge in [0.2, 0.25) is 0 Å². The Kier molecular flexibility index (Phi) is 6.10. The molecule has 1 N–H and O–H groups in total. The Hall–Kier alpha value is -0.620. The highest BCUT2D eigenvalue weighted by molar-refractivity contribution is 7.99. The smallest absolute Gasteiger partial charge is 0.136 e. The number of nitrogens with zero attached hydrogens (tertiary/aromatic N) is 2. The summed E-state index contributed by atoms with van der Waals surface area (Å²) in [6.07, 6.45) is 0. The van der Waals surface area contributed by atoms with Crippen molar-refractivity contribution >= 4 is 11.8 Å². The van der Waals surface area contributed by atoms with E-state index in [2.05, 4.69) is 9.80 Å². The number of aliphatic hydroxyl groups is 1. The fourth-order valence-electron chi connectivity index (χ4n) is 2.22. The van der Waals surface area contributed by atoms with Gasteiger partial charge in [-0.3, -0.25) is 9.80 Å². The molecule has 19 heavy (non-hydrogen) atoms. The molecule has 1 fully saturated rings. The zero-order valence-electron chi connectivity index (χ0n) is 11.1. The van der Waals surface area contributed by atoms with Crippen molar-refractivity contribution in [1.29, 1.82) is 0 Å². The largest absolute Gasteiger partial charge is 0.395 e. The number of hydrogen-bond acceptors (Lipinski definition) is 4. The van der Waals surface area contributed by atoms with Crippen LogP contribution in [-0.2, 0) is 0 Å². The van der Waals surface area contributed by atoms with Crippen molar-refractivity contribution in [2.45, 2.75) is 4.90 Å². The summed E-state index contributed by atoms with van der Waals surface area (Å²) >= 11 is 1.58. The molecular weight excluding hydrogens is 263 g/mol. The van der Waals surface area contributed by atoms with E-state index >= 15 is 0 Å². The van der Waals surface area contributed by atoms with Gasteiger partial charge in [-0.05, 0) is 12.1 Å². The van der Waals surface area contributed by atoms with Crippen molar-refractivity contribution < 1.29 is 9.50 Å². The second-order valence-corrected chi connectivity index (χ2v) is 5.82. The fourth-order valence-corrected chi connectivity index (χ4v) is 3.17. The molecule has 106 valence electrons. The van der Waals surface area contributed by atoms with Crippen molar-refractivity contribution in [3.05, 3.63) is 30.1 Å². The van der Waals surface area contributed by atoms with Crippen LogP contribution < -0.4 is 0 Å². The molecule has 0 radical (unpaired) electrons. The molecule has 0 unspecified atom stereocenters. The number of benzene rings is 1. The lowest BCUT2D eigenvalue weighted by Crippen LogP contribution is -2.47. The van der Waals surface area contributed by atoms with Crippen LogP contribution in [0.25, 0.3) is 0 Å². The third-order valence-corrected chi connectivity index (χ3v) is 4.41. The summed E-state index contributed by atoms with van der Waals surface area (Å²) in [7, 11) is 0. The van der Waals surface area contributed by atoms with E-state index in [9.17, 15) is 4.39 Å². The van der Waals surface area contributed by atoms with Crippen LogP contribution in [0.4, 0.5) is 4.39 Å². The third-order valence-electron chi connectivity index (χ3n) is 3.38. The van der Waals surface area contributed by atoms with Crippen LogP contribution in [0.3, 0.4) is 0 Å². The van der Waals surface area contributed by atoms with Crippen LogP contribution in [-0.4, -0.2) is 66.5 Å². The molecular formula is C14H21FN2OS. The lowest BCUT2D eigenvalue weighted by atomic mass is 10.3. The zero-order chi connectivity index (χ0) is 13.5. The van der Waals surface area contributed by atoms with E-state index in [-0.39, 0.29) is 12.4 Å². The Bertz CT molecular complexity index is 383. The van der Waals surface area contributed by atoms with Crippen molar-refractivity contribution in [3.63, 3.8) is 0 Å². The van der Waals surface area contributed by atoms with E-state index in [1.807, 2.05) is 12.1 Å². The van der Waals surface area contributed by atoms with Gasteiger partial charge in [0, 0.05) is 49.9 Å². The Morgan fingerprint density at radius 3 is 2.32 bits per heavy atom. The van der Waals surface area contributed by atoms with Crippen LogP contribution in [0.1, 0.15) is 0 Å². The number of β-amino-alcohol motifs (C(OH)–C–C–N with tert-alkyl or cyclic N) is 1. The molecule has 1 heterocycles. The zero-order valence-corrected chi connectivity index (χ0v) is 11.9. The molecule has 0 aliphatic carbocycles. The summed E-state index contributed by atoms with van der Waals surface area (Å²) < 4.78 is 13.4. The first-order valence-electron chi connectivity index (χ1n) is 6.72. The van der Waals surface area contributed by atoms with Gasteiger partial charge in [-0.2, -0.15) is 0 Å². The summed E-state index contributed by atoms with van der Waals surface area (Å²) in [6.45, 7) is 6.12. The number of rotatable bonds is 6. The normalized spacial score (nSPS) is 17.8. The summed E-state index contributed by atoms with van der Waals surface area (Å²) in [5.74, 6) is 0.793. The molecule has 0 bridgehead atoms. The summed E-state index contributed by atoms with van der Waals surface area (Å²) in [5.41, 5.74) is 0. The van der Waals surface area contributed by atoms with Gasteiger partial charge < -0.3 is 5.11 Å². The second-order valence-electron chi connectivity index (χ2n) is 4.69. The average molecular weight is 284 g/mol. The van der Waals surface area contributed by atoms with Gasteiger partial charge in [0.15, 0.2) is 0 Å². The predicted octanol–water partition coefficient (Wildman–Crippen LogP) is 1.53. The molecule has 1 aliphatic heterocycles. The van der Waals surface area contributed by atoms with Gasteiger partial charge in [0.1, 0.15) is 5.82 Å². The monoisotopic (exact) mass is 284 g/mol. The lowest BCUT2D eigenvalue weighted by molar-refractivity contribution is 0.117. The quantitative estimate of drug-likeness (QED) is 0.802. The number of piperazine rings is 1. The highest BCUT2D eigenvalue weighted by atomic mass is 32.2. The number of aliphatic hydroxyl groups excluding tert-OH is 1. The van der Waals surface area contributed by atoms with Crippen LogP contribution in [0.15, 0.2) is 29.2 Å². The topological polar surface area (TPSA) is 26.7 Å². The van der Waals surface area contributed by atoms with Crippen molar-refractivity contribution in [1.82, 2.24) is 9.80 Å². The lowest BCUT2D eigenvalue weighted by Gasteiger charge is -2.34. The first kappa shape index (κ1) is 14.8. The minimum absolute atomic E-state index is 0.125. The summed E-state index contributed by atoms with van der Waals surface area (Å²) in [5, 5.41) is 8.88. The van der Waals surface area contributed by atoms with Crippen LogP contribution >= 0.6 is 11.8 Å². The molecule has 5 heteroatoms. The standard InChI is InChI=1S/C14H21FN2OS/c15-13-3-1-2-4-14(13)19-12-10-17-7-5-16(6-8-17)9-11-18/h1-4,18H,5-12H2. The van der Waals surface area contributed by atoms with Crippen molar-refractivity contribution in [2.24, 2.45) is 0 Å². The molecule has 1 aromatic carbocycles. The molecule has 0 aromatic heterocycles. The maximum atomic E-state index is 13.4. The molecule has 1 saturated heterocycles. The highest BCUT2D eigenvalue weighted by Crippen LogP contribution is 2.21. The molecule has 1 aromatic rings. The van der Waals surface area contributed by atoms with E-state index in [0.29, 0.717) is 0 Å². The second kappa shape index (κ2) is 7.85. The van der Waals surface area contributed by atoms with Gasteiger partial charge in [-0.1, -0.05) is 12.1 Å². The fraction of sp³-hybridized carbons (Fsp3) is 0.571. The Morgan fingerprint density at radius 1 is 1.05 bits per heavy atom. The van der Waals surface area contributed by atoms with Gasteiger partial charge in [0.05, 0.1) is 6.61 Å². The van der Waals surface area contributed by atoms with E-state index in [1.165, 1.54) is 6.07 Å². The van der Waals surface area contributed by atoms with Gasteiger partial charge >= 0.3 is 0 Å². The van der Waals surface area contributed by atoms with Crippen molar-refractivity contribution in [3.8, 4) is 0 Å². The van der Waals surface area contributed by atoms with Crippen LogP contribution in [0, 0.1) is 5.82 Å². The van der Waals surface area contributed by atoms with Crippen LogP contribution in [0.5, 0.6) is 0 Å². The molecule has 1 aliphatic rings. The van der Waals surface area contributed by atoms with E-state index in [4.69, 9.17) is 5.11 Å². The number of thioether (sulfide) groups is 1. The van der Waals surface area contributed by atoms with Gasteiger partial charge in [0.25, 0.3) is 0 Å². The van der Waals surface area contributed by atoms with Gasteiger partial charge in [-0.25, -0.2) is 4.39 Å². The molecule has 0 saturated carbocycles. The van der Waals surface area contributed by atoms with E-state index in [0.717, 1.165) is 49.9 Å². The minimum atomic E-state index is -0.125. The minimum Gasteiger partial charge on any atom is -0.395 e. The summed E-state index contributed by atoms with van der Waals surface area (Å²) in [4.78, 5) is 5.42. The average Bonchev–Trinajstić information content (AvgIpc) is 2.43. The first-order chi connectivity index (χ1) is 9.29. The molecule has 3 nitrogen and oxygen atoms in total. The number of halogens is 1. The molecule has 0 amide bonds. The highest BCUT2D eigenvalue weighted by Gasteiger charge is 2.15. The van der Waals surface area contributed by atoms with E-state index < -0.39 is 0 Å². The molecule has 2 rings (SSSR count). The Morgan fingerprint density at radius 2 is 1.68 bits per heavy atom. The van der Waals surface area contributed by atoms with Crippen LogP contribution in [0.2, 0.25) is 0 Å². The third kappa shape index (κ3) is 4.76. The SMILES string of the molecule is OCCN1CCN(CCSc2ccccc2F)CC1. The molecule has 0 spiro atoms. The predicted molar refractivity (Wildman–Crippen MR) is 77.1 cm³/mol. The van der Waals surface area contributed by atoms with E-state index in [1.54, 1.807) is 17.8 Å². The maximum Gasteiger partial charge on any atom is 0.136 e. The van der Waals surface area contributed by atoms with Gasteiger partial charge in [-0.15, -0.1) is 11.8 Å². The van der Waals surface area contributed by atoms with Crippen molar-refractivity contribution in [2.75, 3.05) is 51.6 Å². The first-order valence-corrected chi connectivity index (χ1v) is 7.71. The number of hydrogen-bond donors (Lipinski definition) is 1. The maximum absolute atomic E-state index is 13.4. The Labute approximate surface area is 118 Å². The molecule has 0 atom stereocenters. The summed E-state index contributed by atoms with van der Waals surface area (Å²) in [6, 6.07) is 6.94. The Balaban J connectivity index is 1.66.